The van der Waals surface area contributed by atoms with E-state index in [0.717, 1.165) is 5.56 Å². The molecule has 1 heterocycles. The van der Waals surface area contributed by atoms with Gasteiger partial charge in [-0.3, -0.25) is 9.59 Å². The van der Waals surface area contributed by atoms with Crippen molar-refractivity contribution in [3.63, 3.8) is 0 Å². The first-order valence-electron chi connectivity index (χ1n) is 3.92. The second-order valence-corrected chi connectivity index (χ2v) is 2.75. The lowest BCUT2D eigenvalue weighted by atomic mass is 10.2. The standard InChI is InChI=1S/C9H11NO3/c1-6-3-4-10-9(12)8(6)5-13-7(2)11/h3-4H,5H2,1-2H3,(H,10,12). The summed E-state index contributed by atoms with van der Waals surface area (Å²) in [5.74, 6) is -0.386. The SMILES string of the molecule is CC(=O)OCc1c(C)cc[nH]c1=O. The fourth-order valence-electron chi connectivity index (χ4n) is 0.962. The van der Waals surface area contributed by atoms with E-state index in [1.807, 2.05) is 0 Å². The summed E-state index contributed by atoms with van der Waals surface area (Å²) in [6.45, 7) is 3.15. The van der Waals surface area contributed by atoms with Gasteiger partial charge in [-0.05, 0) is 18.6 Å². The Hall–Kier alpha value is -1.58. The Labute approximate surface area is 75.5 Å². The highest BCUT2D eigenvalue weighted by Crippen LogP contribution is 2.01. The number of carbonyl (C=O) groups excluding carboxylic acids is 1. The Bertz CT molecular complexity index is 367. The van der Waals surface area contributed by atoms with Crippen LogP contribution in [0.4, 0.5) is 0 Å². The second-order valence-electron chi connectivity index (χ2n) is 2.75. The van der Waals surface area contributed by atoms with E-state index in [1.165, 1.54) is 6.92 Å². The van der Waals surface area contributed by atoms with Gasteiger partial charge in [0.2, 0.25) is 0 Å². The van der Waals surface area contributed by atoms with Crippen molar-refractivity contribution in [2.45, 2.75) is 20.5 Å². The zero-order valence-corrected chi connectivity index (χ0v) is 7.59. The number of esters is 1. The van der Waals surface area contributed by atoms with Crippen LogP contribution in [0.15, 0.2) is 17.1 Å². The average Bonchev–Trinajstić information content (AvgIpc) is 2.03. The number of aromatic amines is 1. The first-order valence-corrected chi connectivity index (χ1v) is 3.92. The van der Waals surface area contributed by atoms with Crippen LogP contribution in [0.2, 0.25) is 0 Å². The summed E-state index contributed by atoms with van der Waals surface area (Å²) in [5.41, 5.74) is 1.11. The Morgan fingerprint density at radius 1 is 1.62 bits per heavy atom. The van der Waals surface area contributed by atoms with Gasteiger partial charge in [0.05, 0.1) is 5.56 Å². The van der Waals surface area contributed by atoms with Gasteiger partial charge in [0.25, 0.3) is 5.56 Å². The number of aromatic nitrogens is 1. The molecular weight excluding hydrogens is 170 g/mol. The molecule has 0 bridgehead atoms. The largest absolute Gasteiger partial charge is 0.461 e. The molecule has 1 N–H and O–H groups in total. The molecule has 1 rings (SSSR count). The average molecular weight is 181 g/mol. The van der Waals surface area contributed by atoms with E-state index >= 15 is 0 Å². The number of hydrogen-bond donors (Lipinski definition) is 1. The monoisotopic (exact) mass is 181 g/mol. The molecule has 0 aliphatic heterocycles. The van der Waals surface area contributed by atoms with E-state index in [9.17, 15) is 9.59 Å². The number of aryl methyl sites for hydroxylation is 1. The predicted octanol–water partition coefficient (Wildman–Crippen LogP) is 0.746. The number of pyridine rings is 1. The van der Waals surface area contributed by atoms with Crippen LogP contribution in [-0.2, 0) is 16.1 Å². The summed E-state index contributed by atoms with van der Waals surface area (Å²) in [7, 11) is 0. The minimum Gasteiger partial charge on any atom is -0.461 e. The molecule has 0 aliphatic carbocycles. The van der Waals surface area contributed by atoms with E-state index in [1.54, 1.807) is 19.2 Å². The summed E-state index contributed by atoms with van der Waals surface area (Å²) < 4.78 is 4.73. The maximum absolute atomic E-state index is 11.2. The molecule has 0 aliphatic rings. The van der Waals surface area contributed by atoms with Crippen molar-refractivity contribution in [3.8, 4) is 0 Å². The lowest BCUT2D eigenvalue weighted by Gasteiger charge is -2.03. The highest BCUT2D eigenvalue weighted by atomic mass is 16.5. The van der Waals surface area contributed by atoms with E-state index in [2.05, 4.69) is 4.98 Å². The van der Waals surface area contributed by atoms with E-state index in [-0.39, 0.29) is 18.1 Å². The molecule has 0 atom stereocenters. The number of carbonyl (C=O) groups is 1. The molecule has 1 aromatic rings. The lowest BCUT2D eigenvalue weighted by Crippen LogP contribution is -2.15. The molecule has 0 fully saturated rings. The van der Waals surface area contributed by atoms with Crippen LogP contribution in [0.1, 0.15) is 18.1 Å². The maximum Gasteiger partial charge on any atom is 0.302 e. The third-order valence-corrected chi connectivity index (χ3v) is 1.72. The number of H-pyrrole nitrogens is 1. The normalized spacial score (nSPS) is 9.69. The van der Waals surface area contributed by atoms with Gasteiger partial charge in [-0.25, -0.2) is 0 Å². The van der Waals surface area contributed by atoms with Gasteiger partial charge in [-0.15, -0.1) is 0 Å². The van der Waals surface area contributed by atoms with Crippen LogP contribution in [0, 0.1) is 6.92 Å². The van der Waals surface area contributed by atoms with Crippen molar-refractivity contribution in [2.75, 3.05) is 0 Å². The van der Waals surface area contributed by atoms with Crippen LogP contribution in [0.5, 0.6) is 0 Å². The van der Waals surface area contributed by atoms with Gasteiger partial charge in [-0.1, -0.05) is 0 Å². The van der Waals surface area contributed by atoms with E-state index in [4.69, 9.17) is 4.74 Å². The third kappa shape index (κ3) is 2.43. The molecular formula is C9H11NO3. The molecule has 0 amide bonds. The van der Waals surface area contributed by atoms with E-state index in [0.29, 0.717) is 5.56 Å². The molecule has 0 saturated heterocycles. The van der Waals surface area contributed by atoms with Gasteiger partial charge in [0.15, 0.2) is 0 Å². The number of ether oxygens (including phenoxy) is 1. The van der Waals surface area contributed by atoms with Gasteiger partial charge >= 0.3 is 5.97 Å². The molecule has 70 valence electrons. The fourth-order valence-corrected chi connectivity index (χ4v) is 0.962. The molecule has 0 saturated carbocycles. The molecule has 0 radical (unpaired) electrons. The molecule has 4 heteroatoms. The van der Waals surface area contributed by atoms with Gasteiger partial charge in [0, 0.05) is 13.1 Å². The molecule has 0 unspecified atom stereocenters. The van der Waals surface area contributed by atoms with Crippen LogP contribution in [0.3, 0.4) is 0 Å². The third-order valence-electron chi connectivity index (χ3n) is 1.72. The molecule has 0 aromatic carbocycles. The first kappa shape index (κ1) is 9.51. The highest BCUT2D eigenvalue weighted by molar-refractivity contribution is 5.65. The molecule has 13 heavy (non-hydrogen) atoms. The number of rotatable bonds is 2. The van der Waals surface area contributed by atoms with E-state index < -0.39 is 0 Å². The van der Waals surface area contributed by atoms with Crippen LogP contribution in [-0.4, -0.2) is 11.0 Å². The lowest BCUT2D eigenvalue weighted by molar-refractivity contribution is -0.142. The summed E-state index contributed by atoms with van der Waals surface area (Å²) in [5, 5.41) is 0. The Kier molecular flexibility index (Phi) is 2.84. The fraction of sp³-hybridized carbons (Fsp3) is 0.333. The summed E-state index contributed by atoms with van der Waals surface area (Å²) in [6.07, 6.45) is 1.56. The minimum absolute atomic E-state index is 0.0390. The Morgan fingerprint density at radius 3 is 2.85 bits per heavy atom. The number of nitrogens with one attached hydrogen (secondary N) is 1. The summed E-state index contributed by atoms with van der Waals surface area (Å²) >= 11 is 0. The van der Waals surface area contributed by atoms with Gasteiger partial charge in [0.1, 0.15) is 6.61 Å². The van der Waals surface area contributed by atoms with Gasteiger partial charge in [-0.2, -0.15) is 0 Å². The number of hydrogen-bond acceptors (Lipinski definition) is 3. The minimum atomic E-state index is -0.386. The van der Waals surface area contributed by atoms with Crippen molar-refractivity contribution in [2.24, 2.45) is 0 Å². The highest BCUT2D eigenvalue weighted by Gasteiger charge is 2.04. The van der Waals surface area contributed by atoms with Crippen molar-refractivity contribution >= 4 is 5.97 Å². The first-order chi connectivity index (χ1) is 6.11. The smallest absolute Gasteiger partial charge is 0.302 e. The molecule has 1 aromatic heterocycles. The summed E-state index contributed by atoms with van der Waals surface area (Å²) in [4.78, 5) is 24.2. The quantitative estimate of drug-likeness (QED) is 0.685. The molecule has 4 nitrogen and oxygen atoms in total. The van der Waals surface area contributed by atoms with Crippen LogP contribution in [0.25, 0.3) is 0 Å². The van der Waals surface area contributed by atoms with Crippen molar-refractivity contribution in [3.05, 3.63) is 33.7 Å². The predicted molar refractivity (Wildman–Crippen MR) is 47.3 cm³/mol. The van der Waals surface area contributed by atoms with Crippen LogP contribution < -0.4 is 5.56 Å². The topological polar surface area (TPSA) is 59.2 Å². The second kappa shape index (κ2) is 3.89. The Morgan fingerprint density at radius 2 is 2.31 bits per heavy atom. The molecule has 0 spiro atoms. The van der Waals surface area contributed by atoms with Crippen molar-refractivity contribution in [1.29, 1.82) is 0 Å². The van der Waals surface area contributed by atoms with Gasteiger partial charge < -0.3 is 9.72 Å². The zero-order valence-electron chi connectivity index (χ0n) is 7.59. The van der Waals surface area contributed by atoms with Crippen molar-refractivity contribution < 1.29 is 9.53 Å². The zero-order chi connectivity index (χ0) is 9.84. The van der Waals surface area contributed by atoms with Crippen molar-refractivity contribution in [1.82, 2.24) is 4.98 Å². The summed E-state index contributed by atoms with van der Waals surface area (Å²) in [6, 6.07) is 1.76. The Balaban J connectivity index is 2.87. The van der Waals surface area contributed by atoms with Crippen LogP contribution >= 0.6 is 0 Å². The maximum atomic E-state index is 11.2.